The second-order valence-electron chi connectivity index (χ2n) is 5.92. The summed E-state index contributed by atoms with van der Waals surface area (Å²) in [5.74, 6) is -0.854. The molecule has 0 aliphatic heterocycles. The number of nitrogens with zero attached hydrogens (tertiary/aromatic N) is 1. The van der Waals surface area contributed by atoms with Crippen molar-refractivity contribution in [2.75, 3.05) is 18.5 Å². The van der Waals surface area contributed by atoms with Gasteiger partial charge in [0, 0.05) is 42.5 Å². The van der Waals surface area contributed by atoms with Crippen LogP contribution in [0.15, 0.2) is 30.5 Å². The Morgan fingerprint density at radius 1 is 1.22 bits per heavy atom. The highest BCUT2D eigenvalue weighted by molar-refractivity contribution is 6.39. The molecular formula is C17H23N3O3. The van der Waals surface area contributed by atoms with Gasteiger partial charge in [-0.05, 0) is 36.6 Å². The van der Waals surface area contributed by atoms with E-state index in [-0.39, 0.29) is 13.2 Å². The number of benzene rings is 1. The van der Waals surface area contributed by atoms with Crippen molar-refractivity contribution < 1.29 is 14.7 Å². The summed E-state index contributed by atoms with van der Waals surface area (Å²) in [5, 5.41) is 14.7. The molecule has 6 heteroatoms. The number of hydrogen-bond acceptors (Lipinski definition) is 3. The Morgan fingerprint density at radius 2 is 2.00 bits per heavy atom. The maximum absolute atomic E-state index is 11.8. The van der Waals surface area contributed by atoms with Gasteiger partial charge in [0.05, 0.1) is 0 Å². The Kier molecular flexibility index (Phi) is 5.76. The SMILES string of the molecule is CC(C)Cn1ccc2cc(NC(=O)C(=O)NCCCO)ccc21. The van der Waals surface area contributed by atoms with Crippen molar-refractivity contribution in [3.63, 3.8) is 0 Å². The first-order valence-electron chi connectivity index (χ1n) is 7.80. The molecule has 23 heavy (non-hydrogen) atoms. The van der Waals surface area contributed by atoms with Crippen molar-refractivity contribution in [1.82, 2.24) is 9.88 Å². The van der Waals surface area contributed by atoms with E-state index in [9.17, 15) is 9.59 Å². The number of amides is 2. The lowest BCUT2D eigenvalue weighted by atomic mass is 10.2. The van der Waals surface area contributed by atoms with Crippen LogP contribution in [0.3, 0.4) is 0 Å². The van der Waals surface area contributed by atoms with Crippen LogP contribution >= 0.6 is 0 Å². The first-order valence-corrected chi connectivity index (χ1v) is 7.80. The molecular weight excluding hydrogens is 294 g/mol. The van der Waals surface area contributed by atoms with Gasteiger partial charge in [0.2, 0.25) is 0 Å². The Labute approximate surface area is 135 Å². The molecule has 0 aliphatic rings. The van der Waals surface area contributed by atoms with Crippen LogP contribution in [0.25, 0.3) is 10.9 Å². The Balaban J connectivity index is 2.03. The summed E-state index contributed by atoms with van der Waals surface area (Å²) < 4.78 is 2.17. The quantitative estimate of drug-likeness (QED) is 0.560. The fraction of sp³-hybridized carbons (Fsp3) is 0.412. The van der Waals surface area contributed by atoms with Gasteiger partial charge in [-0.1, -0.05) is 13.8 Å². The number of fused-ring (bicyclic) bond motifs is 1. The highest BCUT2D eigenvalue weighted by Crippen LogP contribution is 2.21. The van der Waals surface area contributed by atoms with Crippen molar-refractivity contribution >= 4 is 28.4 Å². The van der Waals surface area contributed by atoms with E-state index in [1.165, 1.54) is 0 Å². The summed E-state index contributed by atoms with van der Waals surface area (Å²) in [6, 6.07) is 7.58. The van der Waals surface area contributed by atoms with E-state index in [2.05, 4.69) is 29.0 Å². The summed E-state index contributed by atoms with van der Waals surface area (Å²) in [6.07, 6.45) is 2.45. The van der Waals surface area contributed by atoms with Crippen molar-refractivity contribution in [3.8, 4) is 0 Å². The van der Waals surface area contributed by atoms with Crippen LogP contribution in [0.1, 0.15) is 20.3 Å². The van der Waals surface area contributed by atoms with Crippen molar-refractivity contribution in [1.29, 1.82) is 0 Å². The van der Waals surface area contributed by atoms with Gasteiger partial charge in [0.15, 0.2) is 0 Å². The molecule has 2 aromatic rings. The van der Waals surface area contributed by atoms with Crippen LogP contribution in [0.4, 0.5) is 5.69 Å². The van der Waals surface area contributed by atoms with Crippen LogP contribution in [0, 0.1) is 5.92 Å². The molecule has 0 saturated carbocycles. The third-order valence-corrected chi connectivity index (χ3v) is 3.42. The number of aliphatic hydroxyl groups excluding tert-OH is 1. The second-order valence-corrected chi connectivity index (χ2v) is 5.92. The van der Waals surface area contributed by atoms with Gasteiger partial charge in [-0.3, -0.25) is 9.59 Å². The molecule has 0 spiro atoms. The van der Waals surface area contributed by atoms with E-state index in [1.807, 2.05) is 24.4 Å². The summed E-state index contributed by atoms with van der Waals surface area (Å²) in [7, 11) is 0. The standard InChI is InChI=1S/C17H23N3O3/c1-12(2)11-20-8-6-13-10-14(4-5-15(13)20)19-17(23)16(22)18-7-3-9-21/h4-6,8,10,12,21H,3,7,9,11H2,1-2H3,(H,18,22)(H,19,23). The number of rotatable bonds is 6. The van der Waals surface area contributed by atoms with E-state index in [0.29, 0.717) is 18.0 Å². The van der Waals surface area contributed by atoms with Crippen molar-refractivity contribution in [3.05, 3.63) is 30.5 Å². The third-order valence-electron chi connectivity index (χ3n) is 3.42. The van der Waals surface area contributed by atoms with Crippen molar-refractivity contribution in [2.45, 2.75) is 26.8 Å². The lowest BCUT2D eigenvalue weighted by Gasteiger charge is -2.09. The number of aromatic nitrogens is 1. The van der Waals surface area contributed by atoms with Gasteiger partial charge >= 0.3 is 11.8 Å². The number of carbonyl (C=O) groups excluding carboxylic acids is 2. The topological polar surface area (TPSA) is 83.4 Å². The molecule has 0 atom stereocenters. The van der Waals surface area contributed by atoms with Gasteiger partial charge in [0.1, 0.15) is 0 Å². The molecule has 1 aromatic heterocycles. The number of nitrogens with one attached hydrogen (secondary N) is 2. The summed E-state index contributed by atoms with van der Waals surface area (Å²) >= 11 is 0. The van der Waals surface area contributed by atoms with E-state index >= 15 is 0 Å². The number of carbonyl (C=O) groups is 2. The van der Waals surface area contributed by atoms with Crippen LogP contribution in [0.5, 0.6) is 0 Å². The van der Waals surface area contributed by atoms with Gasteiger partial charge in [-0.25, -0.2) is 0 Å². The van der Waals surface area contributed by atoms with Crippen LogP contribution < -0.4 is 10.6 Å². The molecule has 0 unspecified atom stereocenters. The van der Waals surface area contributed by atoms with Gasteiger partial charge in [-0.15, -0.1) is 0 Å². The first kappa shape index (κ1) is 17.0. The highest BCUT2D eigenvalue weighted by atomic mass is 16.3. The average molecular weight is 317 g/mol. The van der Waals surface area contributed by atoms with Gasteiger partial charge in [-0.2, -0.15) is 0 Å². The Bertz CT molecular complexity index is 691. The Morgan fingerprint density at radius 3 is 2.70 bits per heavy atom. The molecule has 0 fully saturated rings. The molecule has 6 nitrogen and oxygen atoms in total. The predicted octanol–water partition coefficient (Wildman–Crippen LogP) is 1.73. The molecule has 0 radical (unpaired) electrons. The zero-order valence-electron chi connectivity index (χ0n) is 13.5. The Hall–Kier alpha value is -2.34. The summed E-state index contributed by atoms with van der Waals surface area (Å²) in [6.45, 7) is 5.51. The monoisotopic (exact) mass is 317 g/mol. The number of aliphatic hydroxyl groups is 1. The average Bonchev–Trinajstić information content (AvgIpc) is 2.89. The minimum Gasteiger partial charge on any atom is -0.396 e. The number of anilines is 1. The minimum absolute atomic E-state index is 0.0219. The van der Waals surface area contributed by atoms with E-state index < -0.39 is 11.8 Å². The zero-order valence-corrected chi connectivity index (χ0v) is 13.5. The maximum Gasteiger partial charge on any atom is 0.313 e. The fourth-order valence-corrected chi connectivity index (χ4v) is 2.38. The maximum atomic E-state index is 11.8. The molecule has 2 amide bonds. The van der Waals surface area contributed by atoms with Gasteiger partial charge in [0.25, 0.3) is 0 Å². The smallest absolute Gasteiger partial charge is 0.313 e. The first-order chi connectivity index (χ1) is 11.0. The third kappa shape index (κ3) is 4.56. The van der Waals surface area contributed by atoms with Gasteiger partial charge < -0.3 is 20.3 Å². The molecule has 1 heterocycles. The van der Waals surface area contributed by atoms with E-state index in [4.69, 9.17) is 5.11 Å². The van der Waals surface area contributed by atoms with Crippen LogP contribution in [-0.2, 0) is 16.1 Å². The molecule has 0 saturated heterocycles. The van der Waals surface area contributed by atoms with E-state index in [1.54, 1.807) is 6.07 Å². The van der Waals surface area contributed by atoms with Crippen LogP contribution in [-0.4, -0.2) is 34.6 Å². The zero-order chi connectivity index (χ0) is 16.8. The van der Waals surface area contributed by atoms with Crippen LogP contribution in [0.2, 0.25) is 0 Å². The van der Waals surface area contributed by atoms with Crippen molar-refractivity contribution in [2.24, 2.45) is 5.92 Å². The lowest BCUT2D eigenvalue weighted by molar-refractivity contribution is -0.136. The minimum atomic E-state index is -0.705. The summed E-state index contributed by atoms with van der Waals surface area (Å²) in [4.78, 5) is 23.4. The second kappa shape index (κ2) is 7.78. The van der Waals surface area contributed by atoms with E-state index in [0.717, 1.165) is 17.4 Å². The molecule has 1 aromatic carbocycles. The molecule has 3 N–H and O–H groups in total. The number of hydrogen-bond donors (Lipinski definition) is 3. The summed E-state index contributed by atoms with van der Waals surface area (Å²) in [5.41, 5.74) is 1.69. The normalized spacial score (nSPS) is 11.0. The highest BCUT2D eigenvalue weighted by Gasteiger charge is 2.13. The molecule has 0 bridgehead atoms. The predicted molar refractivity (Wildman–Crippen MR) is 90.1 cm³/mol. The largest absolute Gasteiger partial charge is 0.396 e. The fourth-order valence-electron chi connectivity index (χ4n) is 2.38. The molecule has 0 aliphatic carbocycles. The molecule has 124 valence electrons. The molecule has 2 rings (SSSR count). The lowest BCUT2D eigenvalue weighted by Crippen LogP contribution is -2.36.